The summed E-state index contributed by atoms with van der Waals surface area (Å²) in [5.74, 6) is 2.75. The third-order valence-corrected chi connectivity index (χ3v) is 0.794. The molecule has 0 saturated carbocycles. The SMILES string of the molecule is C#CCOc1noc(C)n1. The molecular formula is C6H6N2O2. The minimum Gasteiger partial charge on any atom is -0.448 e. The minimum atomic E-state index is 0.166. The smallest absolute Gasteiger partial charge is 0.355 e. The molecule has 52 valence electrons. The molecule has 1 aromatic heterocycles. The van der Waals surface area contributed by atoms with Gasteiger partial charge < -0.3 is 9.26 Å². The van der Waals surface area contributed by atoms with Gasteiger partial charge in [-0.05, 0) is 5.16 Å². The summed E-state index contributed by atoms with van der Waals surface area (Å²) in [5, 5.41) is 3.45. The third kappa shape index (κ3) is 1.49. The van der Waals surface area contributed by atoms with Crippen molar-refractivity contribution in [3.63, 3.8) is 0 Å². The number of terminal acetylenes is 1. The van der Waals surface area contributed by atoms with E-state index in [9.17, 15) is 0 Å². The van der Waals surface area contributed by atoms with E-state index in [0.29, 0.717) is 5.89 Å². The van der Waals surface area contributed by atoms with E-state index in [1.165, 1.54) is 0 Å². The van der Waals surface area contributed by atoms with Crippen LogP contribution in [0.25, 0.3) is 0 Å². The van der Waals surface area contributed by atoms with Gasteiger partial charge in [0.05, 0.1) is 0 Å². The molecule has 0 fully saturated rings. The van der Waals surface area contributed by atoms with Crippen LogP contribution in [0.2, 0.25) is 0 Å². The van der Waals surface area contributed by atoms with Crippen LogP contribution < -0.4 is 4.74 Å². The molecule has 0 saturated heterocycles. The number of hydrogen-bond donors (Lipinski definition) is 0. The molecule has 0 amide bonds. The lowest BCUT2D eigenvalue weighted by Crippen LogP contribution is -1.94. The van der Waals surface area contributed by atoms with Crippen LogP contribution in [0.1, 0.15) is 5.89 Å². The number of hydrogen-bond acceptors (Lipinski definition) is 4. The maximum atomic E-state index is 4.92. The van der Waals surface area contributed by atoms with E-state index in [4.69, 9.17) is 11.2 Å². The van der Waals surface area contributed by atoms with Crippen LogP contribution in [0, 0.1) is 19.3 Å². The Morgan fingerprint density at radius 1 is 1.80 bits per heavy atom. The Labute approximate surface area is 58.2 Å². The molecule has 0 aliphatic heterocycles. The number of aryl methyl sites for hydroxylation is 1. The summed E-state index contributed by atoms with van der Waals surface area (Å²) < 4.78 is 9.43. The van der Waals surface area contributed by atoms with Crippen LogP contribution in [0.3, 0.4) is 0 Å². The van der Waals surface area contributed by atoms with Gasteiger partial charge in [-0.2, -0.15) is 4.98 Å². The van der Waals surface area contributed by atoms with Crippen molar-refractivity contribution in [1.29, 1.82) is 0 Å². The van der Waals surface area contributed by atoms with Crippen molar-refractivity contribution in [2.24, 2.45) is 0 Å². The van der Waals surface area contributed by atoms with Crippen molar-refractivity contribution in [3.05, 3.63) is 5.89 Å². The molecule has 0 radical (unpaired) electrons. The molecule has 0 bridgehead atoms. The molecule has 4 heteroatoms. The molecule has 0 aliphatic carbocycles. The highest BCUT2D eigenvalue weighted by molar-refractivity contribution is 4.93. The van der Waals surface area contributed by atoms with Gasteiger partial charge >= 0.3 is 6.01 Å². The number of nitrogens with zero attached hydrogens (tertiary/aromatic N) is 2. The first kappa shape index (κ1) is 6.62. The van der Waals surface area contributed by atoms with Crippen molar-refractivity contribution in [2.45, 2.75) is 6.92 Å². The highest BCUT2D eigenvalue weighted by Gasteiger charge is 1.99. The molecule has 1 heterocycles. The van der Waals surface area contributed by atoms with Crippen LogP contribution >= 0.6 is 0 Å². The van der Waals surface area contributed by atoms with E-state index in [0.717, 1.165) is 0 Å². The molecule has 0 N–H and O–H groups in total. The summed E-state index contributed by atoms with van der Waals surface area (Å²) in [6.45, 7) is 1.84. The van der Waals surface area contributed by atoms with Crippen molar-refractivity contribution < 1.29 is 9.26 Å². The average Bonchev–Trinajstić information content (AvgIpc) is 2.31. The minimum absolute atomic E-state index is 0.166. The van der Waals surface area contributed by atoms with Crippen LogP contribution in [0.4, 0.5) is 0 Å². The van der Waals surface area contributed by atoms with Gasteiger partial charge in [-0.3, -0.25) is 0 Å². The second-order valence-electron chi connectivity index (χ2n) is 1.59. The second-order valence-corrected chi connectivity index (χ2v) is 1.59. The Morgan fingerprint density at radius 2 is 2.60 bits per heavy atom. The maximum absolute atomic E-state index is 4.92. The van der Waals surface area contributed by atoms with E-state index in [-0.39, 0.29) is 12.6 Å². The first-order valence-electron chi connectivity index (χ1n) is 2.69. The Bertz CT molecular complexity index is 248. The van der Waals surface area contributed by atoms with Crippen molar-refractivity contribution in [2.75, 3.05) is 6.61 Å². The second kappa shape index (κ2) is 2.87. The standard InChI is InChI=1S/C6H6N2O2/c1-3-4-9-6-7-5(2)10-8-6/h1H,4H2,2H3. The van der Waals surface area contributed by atoms with Crippen molar-refractivity contribution in [3.8, 4) is 18.4 Å². The lowest BCUT2D eigenvalue weighted by atomic mass is 10.7. The topological polar surface area (TPSA) is 48.2 Å². The van der Waals surface area contributed by atoms with Gasteiger partial charge in [0.25, 0.3) is 0 Å². The van der Waals surface area contributed by atoms with Crippen LogP contribution in [0.5, 0.6) is 6.01 Å². The van der Waals surface area contributed by atoms with E-state index in [2.05, 4.69) is 20.6 Å². The normalized spacial score (nSPS) is 8.80. The number of rotatable bonds is 2. The molecule has 0 aromatic carbocycles. The highest BCUT2D eigenvalue weighted by atomic mass is 16.5. The Morgan fingerprint density at radius 3 is 3.10 bits per heavy atom. The van der Waals surface area contributed by atoms with Gasteiger partial charge in [0.1, 0.15) is 0 Å². The van der Waals surface area contributed by atoms with Gasteiger partial charge in [0.2, 0.25) is 5.89 Å². The van der Waals surface area contributed by atoms with Gasteiger partial charge in [-0.1, -0.05) is 5.92 Å². The lowest BCUT2D eigenvalue weighted by Gasteiger charge is -1.88. The largest absolute Gasteiger partial charge is 0.448 e. The van der Waals surface area contributed by atoms with Crippen molar-refractivity contribution >= 4 is 0 Å². The van der Waals surface area contributed by atoms with Gasteiger partial charge in [-0.25, -0.2) is 0 Å². The molecule has 1 rings (SSSR count). The fourth-order valence-electron chi connectivity index (χ4n) is 0.445. The first-order valence-corrected chi connectivity index (χ1v) is 2.69. The predicted molar refractivity (Wildman–Crippen MR) is 33.4 cm³/mol. The Balaban J connectivity index is 2.52. The predicted octanol–water partition coefficient (Wildman–Crippen LogP) is 0.390. The number of ether oxygens (including phenoxy) is 1. The molecule has 0 spiro atoms. The zero-order chi connectivity index (χ0) is 7.40. The highest BCUT2D eigenvalue weighted by Crippen LogP contribution is 2.01. The molecule has 0 aliphatic rings. The van der Waals surface area contributed by atoms with E-state index in [1.807, 2.05) is 0 Å². The Hall–Kier alpha value is -1.50. The fraction of sp³-hybridized carbons (Fsp3) is 0.333. The van der Waals surface area contributed by atoms with Gasteiger partial charge in [0.15, 0.2) is 6.61 Å². The zero-order valence-corrected chi connectivity index (χ0v) is 5.50. The molecule has 10 heavy (non-hydrogen) atoms. The quantitative estimate of drug-likeness (QED) is 0.554. The fourth-order valence-corrected chi connectivity index (χ4v) is 0.445. The third-order valence-electron chi connectivity index (χ3n) is 0.794. The summed E-state index contributed by atoms with van der Waals surface area (Å²) >= 11 is 0. The van der Waals surface area contributed by atoms with Gasteiger partial charge in [0, 0.05) is 6.92 Å². The van der Waals surface area contributed by atoms with Crippen molar-refractivity contribution in [1.82, 2.24) is 10.1 Å². The van der Waals surface area contributed by atoms with Crippen LogP contribution in [-0.2, 0) is 0 Å². The van der Waals surface area contributed by atoms with Crippen LogP contribution in [-0.4, -0.2) is 16.7 Å². The summed E-state index contributed by atoms with van der Waals surface area (Å²) in [5.41, 5.74) is 0. The van der Waals surface area contributed by atoms with E-state index >= 15 is 0 Å². The summed E-state index contributed by atoms with van der Waals surface area (Å²) in [6, 6.07) is 0.190. The average molecular weight is 138 g/mol. The molecule has 0 unspecified atom stereocenters. The Kier molecular flexibility index (Phi) is 1.90. The number of aromatic nitrogens is 2. The molecule has 1 aromatic rings. The van der Waals surface area contributed by atoms with E-state index < -0.39 is 0 Å². The summed E-state index contributed by atoms with van der Waals surface area (Å²) in [6.07, 6.45) is 4.92. The molecule has 0 atom stereocenters. The molecule has 4 nitrogen and oxygen atoms in total. The monoisotopic (exact) mass is 138 g/mol. The van der Waals surface area contributed by atoms with E-state index in [1.54, 1.807) is 6.92 Å². The van der Waals surface area contributed by atoms with Gasteiger partial charge in [-0.15, -0.1) is 6.42 Å². The maximum Gasteiger partial charge on any atom is 0.355 e. The zero-order valence-electron chi connectivity index (χ0n) is 5.50. The summed E-state index contributed by atoms with van der Waals surface area (Å²) in [4.78, 5) is 3.75. The lowest BCUT2D eigenvalue weighted by molar-refractivity contribution is 0.306. The first-order chi connectivity index (χ1) is 4.83. The summed E-state index contributed by atoms with van der Waals surface area (Å²) in [7, 11) is 0. The molecular weight excluding hydrogens is 132 g/mol. The van der Waals surface area contributed by atoms with Crippen LogP contribution in [0.15, 0.2) is 4.52 Å².